The maximum atomic E-state index is 11.9. The first kappa shape index (κ1) is 22.2. The van der Waals surface area contributed by atoms with Gasteiger partial charge in [0.05, 0.1) is 20.8 Å². The van der Waals surface area contributed by atoms with Crippen molar-refractivity contribution in [2.24, 2.45) is 0 Å². The summed E-state index contributed by atoms with van der Waals surface area (Å²) in [7, 11) is 3.11. The molecule has 0 heterocycles. The highest BCUT2D eigenvalue weighted by Gasteiger charge is 2.07. The first-order valence-electron chi connectivity index (χ1n) is 8.76. The Bertz CT molecular complexity index is 683. The molecule has 0 aromatic heterocycles. The van der Waals surface area contributed by atoms with Crippen molar-refractivity contribution >= 4 is 17.9 Å². The van der Waals surface area contributed by atoms with Gasteiger partial charge in [-0.1, -0.05) is 18.2 Å². The second kappa shape index (κ2) is 12.5. The quantitative estimate of drug-likeness (QED) is 0.403. The van der Waals surface area contributed by atoms with Gasteiger partial charge in [0.15, 0.2) is 11.5 Å². The molecular weight excluding hydrogens is 348 g/mol. The van der Waals surface area contributed by atoms with Gasteiger partial charge in [-0.3, -0.25) is 9.59 Å². The summed E-state index contributed by atoms with van der Waals surface area (Å²) >= 11 is 0. The fraction of sp³-hybridized carbons (Fsp3) is 0.400. The van der Waals surface area contributed by atoms with E-state index in [1.54, 1.807) is 33.3 Å². The number of carbonyl (C=O) groups is 2. The highest BCUT2D eigenvalue weighted by atomic mass is 16.5. The molecule has 148 valence electrons. The van der Waals surface area contributed by atoms with Gasteiger partial charge in [0.2, 0.25) is 11.8 Å². The maximum Gasteiger partial charge on any atom is 0.246 e. The molecule has 7 heteroatoms. The van der Waals surface area contributed by atoms with E-state index in [-0.39, 0.29) is 18.4 Å². The first-order valence-corrected chi connectivity index (χ1v) is 8.76. The minimum atomic E-state index is -0.203. The van der Waals surface area contributed by atoms with Gasteiger partial charge < -0.3 is 25.2 Å². The Kier molecular flexibility index (Phi) is 10.3. The van der Waals surface area contributed by atoms with E-state index in [0.717, 1.165) is 18.4 Å². The van der Waals surface area contributed by atoms with E-state index < -0.39 is 0 Å². The van der Waals surface area contributed by atoms with Crippen molar-refractivity contribution in [1.82, 2.24) is 10.6 Å². The number of ether oxygens (including phenoxy) is 2. The molecular formula is C20H28N2O5. The SMILES string of the molecule is COc1cccc(/C=C/C(=O)NCCCCNC(=O)/C(C)=C/CO)c1OC. The van der Waals surface area contributed by atoms with Crippen LogP contribution in [0.2, 0.25) is 0 Å². The zero-order chi connectivity index (χ0) is 20.1. The summed E-state index contributed by atoms with van der Waals surface area (Å²) in [5, 5.41) is 14.3. The maximum absolute atomic E-state index is 11.9. The molecule has 1 aromatic rings. The summed E-state index contributed by atoms with van der Waals surface area (Å²) in [6, 6.07) is 5.45. The smallest absolute Gasteiger partial charge is 0.246 e. The summed E-state index contributed by atoms with van der Waals surface area (Å²) in [6.45, 7) is 2.53. The summed E-state index contributed by atoms with van der Waals surface area (Å²) < 4.78 is 10.5. The van der Waals surface area contributed by atoms with Crippen LogP contribution in [0, 0.1) is 0 Å². The second-order valence-electron chi connectivity index (χ2n) is 5.74. The lowest BCUT2D eigenvalue weighted by atomic mass is 10.1. The summed E-state index contributed by atoms with van der Waals surface area (Å²) in [5.74, 6) is 0.783. The number of carbonyl (C=O) groups excluding carboxylic acids is 2. The summed E-state index contributed by atoms with van der Waals surface area (Å²) in [6.07, 6.45) is 6.06. The van der Waals surface area contributed by atoms with Crippen molar-refractivity contribution in [3.63, 3.8) is 0 Å². The highest BCUT2D eigenvalue weighted by molar-refractivity contribution is 5.93. The first-order chi connectivity index (χ1) is 13.0. The normalized spacial score (nSPS) is 11.3. The van der Waals surface area contributed by atoms with Crippen LogP contribution in [0.15, 0.2) is 35.9 Å². The molecule has 1 rings (SSSR count). The monoisotopic (exact) mass is 376 g/mol. The number of unbranched alkanes of at least 4 members (excludes halogenated alkanes) is 1. The lowest BCUT2D eigenvalue weighted by Gasteiger charge is -2.09. The van der Waals surface area contributed by atoms with Gasteiger partial charge in [-0.05, 0) is 31.9 Å². The van der Waals surface area contributed by atoms with Crippen molar-refractivity contribution in [1.29, 1.82) is 0 Å². The van der Waals surface area contributed by atoms with E-state index in [2.05, 4.69) is 10.6 Å². The predicted molar refractivity (Wildman–Crippen MR) is 105 cm³/mol. The Balaban J connectivity index is 2.33. The lowest BCUT2D eigenvalue weighted by Crippen LogP contribution is -2.27. The van der Waals surface area contributed by atoms with Crippen LogP contribution in [-0.2, 0) is 9.59 Å². The Morgan fingerprint density at radius 2 is 1.81 bits per heavy atom. The van der Waals surface area contributed by atoms with Crippen LogP contribution in [0.25, 0.3) is 6.08 Å². The van der Waals surface area contributed by atoms with E-state index in [9.17, 15) is 9.59 Å². The van der Waals surface area contributed by atoms with Crippen molar-refractivity contribution in [3.8, 4) is 11.5 Å². The minimum absolute atomic E-state index is 0.152. The van der Waals surface area contributed by atoms with Crippen LogP contribution in [0.5, 0.6) is 11.5 Å². The largest absolute Gasteiger partial charge is 0.493 e. The van der Waals surface area contributed by atoms with E-state index in [4.69, 9.17) is 14.6 Å². The third kappa shape index (κ3) is 7.96. The molecule has 0 radical (unpaired) electrons. The Labute approximate surface area is 160 Å². The molecule has 1 aromatic carbocycles. The fourth-order valence-corrected chi connectivity index (χ4v) is 2.30. The zero-order valence-electron chi connectivity index (χ0n) is 16.1. The van der Waals surface area contributed by atoms with Crippen LogP contribution >= 0.6 is 0 Å². The van der Waals surface area contributed by atoms with Crippen molar-refractivity contribution in [3.05, 3.63) is 41.5 Å². The van der Waals surface area contributed by atoms with Crippen LogP contribution in [-0.4, -0.2) is 50.8 Å². The Morgan fingerprint density at radius 1 is 1.11 bits per heavy atom. The molecule has 0 saturated carbocycles. The third-order valence-electron chi connectivity index (χ3n) is 3.79. The molecule has 0 saturated heterocycles. The number of nitrogens with one attached hydrogen (secondary N) is 2. The zero-order valence-corrected chi connectivity index (χ0v) is 16.1. The number of hydrogen-bond acceptors (Lipinski definition) is 5. The van der Waals surface area contributed by atoms with Gasteiger partial charge in [0, 0.05) is 30.3 Å². The van der Waals surface area contributed by atoms with E-state index in [1.165, 1.54) is 12.2 Å². The molecule has 0 unspecified atom stereocenters. The van der Waals surface area contributed by atoms with Crippen LogP contribution in [0.4, 0.5) is 0 Å². The van der Waals surface area contributed by atoms with E-state index in [1.807, 2.05) is 12.1 Å². The number of para-hydroxylation sites is 1. The van der Waals surface area contributed by atoms with E-state index in [0.29, 0.717) is 30.2 Å². The average molecular weight is 376 g/mol. The van der Waals surface area contributed by atoms with Gasteiger partial charge >= 0.3 is 0 Å². The number of rotatable bonds is 11. The highest BCUT2D eigenvalue weighted by Crippen LogP contribution is 2.31. The Morgan fingerprint density at radius 3 is 2.44 bits per heavy atom. The van der Waals surface area contributed by atoms with Gasteiger partial charge in [0.1, 0.15) is 0 Å². The molecule has 0 fully saturated rings. The van der Waals surface area contributed by atoms with Crippen LogP contribution in [0.3, 0.4) is 0 Å². The van der Waals surface area contributed by atoms with Crippen LogP contribution in [0.1, 0.15) is 25.3 Å². The molecule has 27 heavy (non-hydrogen) atoms. The lowest BCUT2D eigenvalue weighted by molar-refractivity contribution is -0.118. The van der Waals surface area contributed by atoms with Crippen molar-refractivity contribution in [2.45, 2.75) is 19.8 Å². The Hall–Kier alpha value is -2.80. The molecule has 2 amide bonds. The molecule has 7 nitrogen and oxygen atoms in total. The van der Waals surface area contributed by atoms with Gasteiger partial charge in [-0.25, -0.2) is 0 Å². The molecule has 3 N–H and O–H groups in total. The second-order valence-corrected chi connectivity index (χ2v) is 5.74. The molecule has 0 aliphatic heterocycles. The van der Waals surface area contributed by atoms with Crippen LogP contribution < -0.4 is 20.1 Å². The minimum Gasteiger partial charge on any atom is -0.493 e. The molecule has 0 aliphatic carbocycles. The van der Waals surface area contributed by atoms with Gasteiger partial charge in [-0.15, -0.1) is 0 Å². The summed E-state index contributed by atoms with van der Waals surface area (Å²) in [4.78, 5) is 23.5. The fourth-order valence-electron chi connectivity index (χ4n) is 2.30. The van der Waals surface area contributed by atoms with E-state index >= 15 is 0 Å². The predicted octanol–water partition coefficient (Wildman–Crippen LogP) is 1.67. The van der Waals surface area contributed by atoms with Crippen molar-refractivity contribution < 1.29 is 24.2 Å². The van der Waals surface area contributed by atoms with Gasteiger partial charge in [0.25, 0.3) is 0 Å². The topological polar surface area (TPSA) is 96.9 Å². The molecule has 0 bridgehead atoms. The number of amides is 2. The molecule has 0 aliphatic rings. The number of benzene rings is 1. The number of aliphatic hydroxyl groups excluding tert-OH is 1. The van der Waals surface area contributed by atoms with Crippen molar-refractivity contribution in [2.75, 3.05) is 33.9 Å². The molecule has 0 atom stereocenters. The molecule has 0 spiro atoms. The summed E-state index contributed by atoms with van der Waals surface area (Å²) in [5.41, 5.74) is 1.24. The number of methoxy groups -OCH3 is 2. The number of hydrogen-bond donors (Lipinski definition) is 3. The van der Waals surface area contributed by atoms with Gasteiger partial charge in [-0.2, -0.15) is 0 Å². The average Bonchev–Trinajstić information content (AvgIpc) is 2.68. The third-order valence-corrected chi connectivity index (χ3v) is 3.79. The number of aliphatic hydroxyl groups is 1. The standard InChI is InChI=1S/C20H28N2O5/c1-15(11-14-23)20(25)22-13-5-4-12-21-18(24)10-9-16-7-6-8-17(26-2)19(16)27-3/h6-11,23H,4-5,12-14H2,1-3H3,(H,21,24)(H,22,25)/b10-9+,15-11+.